The second kappa shape index (κ2) is 8.96. The average Bonchev–Trinajstić information content (AvgIpc) is 3.16. The van der Waals surface area contributed by atoms with Gasteiger partial charge < -0.3 is 28.9 Å². The molecule has 1 aromatic heterocycles. The van der Waals surface area contributed by atoms with Crippen LogP contribution in [0.3, 0.4) is 0 Å². The summed E-state index contributed by atoms with van der Waals surface area (Å²) in [6.45, 7) is 14.2. The van der Waals surface area contributed by atoms with Gasteiger partial charge in [0.15, 0.2) is 11.0 Å². The predicted molar refractivity (Wildman–Crippen MR) is 123 cm³/mol. The van der Waals surface area contributed by atoms with Crippen LogP contribution >= 0.6 is 0 Å². The molecule has 0 N–H and O–H groups in total. The maximum Gasteiger partial charge on any atom is 0.282 e. The molecular weight excluding hydrogens is 481 g/mol. The third kappa shape index (κ3) is 3.49. The highest BCUT2D eigenvalue weighted by molar-refractivity contribution is 5.74. The Morgan fingerprint density at radius 2 is 1.63 bits per heavy atom. The Morgan fingerprint density at radius 1 is 0.933 bits per heavy atom. The van der Waals surface area contributed by atoms with Gasteiger partial charge in [0.05, 0.1) is 13.1 Å². The normalized spacial score (nSPS) is 16.4. The molecular formula is C26H32IN3. The first-order valence-corrected chi connectivity index (χ1v) is 10.8. The highest BCUT2D eigenvalue weighted by Crippen LogP contribution is 2.47. The van der Waals surface area contributed by atoms with Gasteiger partial charge in [0.25, 0.3) is 5.82 Å². The summed E-state index contributed by atoms with van der Waals surface area (Å²) < 4.78 is 4.81. The van der Waals surface area contributed by atoms with Crippen LogP contribution in [0, 0.1) is 0 Å². The molecule has 0 radical (unpaired) electrons. The van der Waals surface area contributed by atoms with Crippen LogP contribution in [-0.2, 0) is 18.5 Å². The highest BCUT2D eigenvalue weighted by Gasteiger charge is 2.38. The molecule has 0 unspecified atom stereocenters. The summed E-state index contributed by atoms with van der Waals surface area (Å²) in [5, 5.41) is 0. The molecule has 0 amide bonds. The van der Waals surface area contributed by atoms with Crippen LogP contribution in [0.5, 0.6) is 0 Å². The molecule has 3 aromatic rings. The van der Waals surface area contributed by atoms with Crippen molar-refractivity contribution in [3.8, 4) is 0 Å². The number of hydrogen-bond acceptors (Lipinski definition) is 1. The van der Waals surface area contributed by atoms with E-state index in [0.29, 0.717) is 0 Å². The maximum absolute atomic E-state index is 2.45. The quantitative estimate of drug-likeness (QED) is 0.378. The average molecular weight is 513 g/mol. The molecule has 0 saturated carbocycles. The van der Waals surface area contributed by atoms with Crippen molar-refractivity contribution in [1.82, 2.24) is 4.57 Å². The lowest BCUT2D eigenvalue weighted by molar-refractivity contribution is -0.670. The number of rotatable bonds is 5. The van der Waals surface area contributed by atoms with E-state index in [2.05, 4.69) is 115 Å². The number of para-hydroxylation sites is 3. The van der Waals surface area contributed by atoms with Crippen LogP contribution in [0.2, 0.25) is 0 Å². The Hall–Kier alpha value is -2.08. The summed E-state index contributed by atoms with van der Waals surface area (Å²) in [5.74, 6) is 1.25. The lowest BCUT2D eigenvalue weighted by atomic mass is 9.84. The summed E-state index contributed by atoms with van der Waals surface area (Å²) in [4.78, 5) is 2.45. The number of allylic oxidation sites excluding steroid dienone is 3. The first kappa shape index (κ1) is 22.6. The summed E-state index contributed by atoms with van der Waals surface area (Å²) in [7, 11) is 0. The van der Waals surface area contributed by atoms with Gasteiger partial charge in [-0.25, -0.2) is 9.13 Å². The van der Waals surface area contributed by atoms with E-state index < -0.39 is 0 Å². The molecule has 2 aromatic carbocycles. The third-order valence-electron chi connectivity index (χ3n) is 6.26. The van der Waals surface area contributed by atoms with Gasteiger partial charge in [-0.1, -0.05) is 50.3 Å². The van der Waals surface area contributed by atoms with Crippen molar-refractivity contribution in [3.63, 3.8) is 0 Å². The molecule has 1 aliphatic heterocycles. The van der Waals surface area contributed by atoms with Gasteiger partial charge in [-0.15, -0.1) is 0 Å². The van der Waals surface area contributed by atoms with Gasteiger partial charge in [-0.2, -0.15) is 0 Å². The number of halogens is 1. The SMILES string of the molecule is CCN1/C(=C/C=C/c2n(CC)c3ccccc3[n+]2CC)C(C)(C)c2ccccc21.[I-]. The van der Waals surface area contributed by atoms with Crippen molar-refractivity contribution in [2.24, 2.45) is 0 Å². The summed E-state index contributed by atoms with van der Waals surface area (Å²) in [6, 6.07) is 17.5. The standard InChI is InChI=1S/C26H32N3.HI/c1-6-27-21-15-10-9-14-20(21)26(4,5)24(27)18-13-19-25-28(7-2)22-16-11-12-17-23(22)29(25)8-3;/h9-19H,6-8H2,1-5H3;1H/q+1;/p-1. The molecule has 0 bridgehead atoms. The molecule has 2 heterocycles. The van der Waals surface area contributed by atoms with Crippen molar-refractivity contribution >= 4 is 22.8 Å². The van der Waals surface area contributed by atoms with Crippen LogP contribution in [0.25, 0.3) is 17.1 Å². The van der Waals surface area contributed by atoms with Gasteiger partial charge in [-0.05, 0) is 50.6 Å². The number of nitrogens with zero attached hydrogens (tertiary/aromatic N) is 3. The minimum atomic E-state index is 0. The Morgan fingerprint density at radius 3 is 2.33 bits per heavy atom. The zero-order valence-corrected chi connectivity index (χ0v) is 20.8. The number of aromatic nitrogens is 2. The number of imidazole rings is 1. The van der Waals surface area contributed by atoms with Gasteiger partial charge >= 0.3 is 0 Å². The minimum absolute atomic E-state index is 0. The van der Waals surface area contributed by atoms with E-state index in [-0.39, 0.29) is 29.4 Å². The molecule has 0 fully saturated rings. The Balaban J connectivity index is 0.00000256. The van der Waals surface area contributed by atoms with Crippen molar-refractivity contribution < 1.29 is 28.5 Å². The Bertz CT molecular complexity index is 1060. The molecule has 0 aliphatic carbocycles. The highest BCUT2D eigenvalue weighted by atomic mass is 127. The van der Waals surface area contributed by atoms with Gasteiger partial charge in [0.2, 0.25) is 0 Å². The molecule has 0 atom stereocenters. The summed E-state index contributed by atoms with van der Waals surface area (Å²) in [6.07, 6.45) is 6.81. The lowest BCUT2D eigenvalue weighted by Crippen LogP contribution is -3.00. The molecule has 4 rings (SSSR count). The number of hydrogen-bond donors (Lipinski definition) is 0. The van der Waals surface area contributed by atoms with E-state index in [1.54, 1.807) is 0 Å². The van der Waals surface area contributed by atoms with Crippen LogP contribution in [0.15, 0.2) is 66.4 Å². The monoisotopic (exact) mass is 513 g/mol. The fraction of sp³-hybridized carbons (Fsp3) is 0.346. The molecule has 3 nitrogen and oxygen atoms in total. The molecule has 1 aliphatic rings. The molecule has 0 spiro atoms. The molecule has 158 valence electrons. The minimum Gasteiger partial charge on any atom is -1.00 e. The van der Waals surface area contributed by atoms with E-state index in [1.165, 1.54) is 33.8 Å². The zero-order chi connectivity index (χ0) is 20.6. The van der Waals surface area contributed by atoms with E-state index in [4.69, 9.17) is 0 Å². The molecule has 30 heavy (non-hydrogen) atoms. The van der Waals surface area contributed by atoms with Crippen molar-refractivity contribution in [2.75, 3.05) is 11.4 Å². The predicted octanol–water partition coefficient (Wildman–Crippen LogP) is 2.69. The number of aryl methyl sites for hydroxylation is 2. The lowest BCUT2D eigenvalue weighted by Gasteiger charge is -2.25. The fourth-order valence-corrected chi connectivity index (χ4v) is 4.86. The maximum atomic E-state index is 2.45. The van der Waals surface area contributed by atoms with Gasteiger partial charge in [0, 0.05) is 29.4 Å². The van der Waals surface area contributed by atoms with Crippen LogP contribution in [0.4, 0.5) is 5.69 Å². The number of anilines is 1. The summed E-state index contributed by atoms with van der Waals surface area (Å²) in [5.41, 5.74) is 6.72. The largest absolute Gasteiger partial charge is 1.00 e. The Kier molecular flexibility index (Phi) is 6.75. The van der Waals surface area contributed by atoms with E-state index >= 15 is 0 Å². The second-order valence-electron chi connectivity index (χ2n) is 8.13. The van der Waals surface area contributed by atoms with Crippen LogP contribution in [-0.4, -0.2) is 11.1 Å². The second-order valence-corrected chi connectivity index (χ2v) is 8.13. The molecule has 0 saturated heterocycles. The van der Waals surface area contributed by atoms with Crippen LogP contribution < -0.4 is 33.4 Å². The fourth-order valence-electron chi connectivity index (χ4n) is 4.86. The molecule has 4 heteroatoms. The van der Waals surface area contributed by atoms with Crippen molar-refractivity contribution in [3.05, 3.63) is 77.8 Å². The van der Waals surface area contributed by atoms with Gasteiger partial charge in [0.1, 0.15) is 0 Å². The van der Waals surface area contributed by atoms with Crippen molar-refractivity contribution in [2.45, 2.75) is 53.1 Å². The summed E-state index contributed by atoms with van der Waals surface area (Å²) >= 11 is 0. The number of likely N-dealkylation sites (N-methyl/N-ethyl adjacent to an activating group) is 1. The number of benzene rings is 2. The Labute approximate surface area is 197 Å². The van der Waals surface area contributed by atoms with Gasteiger partial charge in [-0.3, -0.25) is 0 Å². The first-order valence-electron chi connectivity index (χ1n) is 10.8. The van der Waals surface area contributed by atoms with E-state index in [0.717, 1.165) is 19.6 Å². The topological polar surface area (TPSA) is 12.1 Å². The van der Waals surface area contributed by atoms with E-state index in [1.807, 2.05) is 0 Å². The first-order chi connectivity index (χ1) is 14.0. The zero-order valence-electron chi connectivity index (χ0n) is 18.7. The van der Waals surface area contributed by atoms with Crippen LogP contribution in [0.1, 0.15) is 46.0 Å². The third-order valence-corrected chi connectivity index (χ3v) is 6.26. The number of fused-ring (bicyclic) bond motifs is 2. The van der Waals surface area contributed by atoms with E-state index in [9.17, 15) is 0 Å². The smallest absolute Gasteiger partial charge is 0.282 e. The van der Waals surface area contributed by atoms with Crippen molar-refractivity contribution in [1.29, 1.82) is 0 Å².